The van der Waals surface area contributed by atoms with Crippen molar-refractivity contribution >= 4 is 46.4 Å². The van der Waals surface area contributed by atoms with Gasteiger partial charge in [0.15, 0.2) is 0 Å². The van der Waals surface area contributed by atoms with E-state index in [1.165, 1.54) is 0 Å². The third-order valence-electron chi connectivity index (χ3n) is 4.23. The van der Waals surface area contributed by atoms with Crippen molar-refractivity contribution in [2.24, 2.45) is 10.2 Å². The third kappa shape index (κ3) is 7.61. The highest BCUT2D eigenvalue weighted by Gasteiger charge is 2.08. The molecule has 2 amide bonds. The molecule has 158 valence electrons. The Labute approximate surface area is 186 Å². The van der Waals surface area contributed by atoms with E-state index in [0.717, 1.165) is 22.6 Å². The first-order valence-electron chi connectivity index (χ1n) is 9.65. The number of hydrazone groups is 2. The van der Waals surface area contributed by atoms with Crippen LogP contribution in [0.5, 0.6) is 0 Å². The largest absolute Gasteiger partial charge is 0.273 e. The van der Waals surface area contributed by atoms with Gasteiger partial charge in [0.2, 0.25) is 11.8 Å². The number of carbonyl (C=O) groups excluding carboxylic acids is 2. The van der Waals surface area contributed by atoms with E-state index in [9.17, 15) is 9.59 Å². The lowest BCUT2D eigenvalue weighted by atomic mass is 10.1. The van der Waals surface area contributed by atoms with Gasteiger partial charge in [0.25, 0.3) is 0 Å². The molecule has 2 aromatic carbocycles. The van der Waals surface area contributed by atoms with Gasteiger partial charge in [-0.1, -0.05) is 61.3 Å². The second kappa shape index (κ2) is 12.1. The first-order chi connectivity index (χ1) is 14.4. The van der Waals surface area contributed by atoms with Gasteiger partial charge in [-0.3, -0.25) is 9.59 Å². The number of hydrogen-bond donors (Lipinski definition) is 2. The zero-order valence-corrected chi connectivity index (χ0v) is 18.4. The minimum atomic E-state index is -0.345. The Balaban J connectivity index is 1.85. The van der Waals surface area contributed by atoms with Gasteiger partial charge in [0, 0.05) is 22.9 Å². The number of hydrogen-bond acceptors (Lipinski definition) is 4. The van der Waals surface area contributed by atoms with Gasteiger partial charge >= 0.3 is 0 Å². The summed E-state index contributed by atoms with van der Waals surface area (Å²) in [5, 5.41) is 9.58. The Morgan fingerprint density at radius 1 is 0.700 bits per heavy atom. The SMILES string of the molecule is CC/C(=N\NC(=O)CCC(=O)N/N=C(\CC)c1ccc(Cl)cc1)c1ccc(Cl)cc1. The van der Waals surface area contributed by atoms with Crippen molar-refractivity contribution in [3.63, 3.8) is 0 Å². The van der Waals surface area contributed by atoms with Crippen LogP contribution in [0.2, 0.25) is 10.0 Å². The van der Waals surface area contributed by atoms with E-state index in [0.29, 0.717) is 22.9 Å². The van der Waals surface area contributed by atoms with Crippen molar-refractivity contribution in [1.82, 2.24) is 10.9 Å². The monoisotopic (exact) mass is 446 g/mol. The molecule has 0 aliphatic rings. The van der Waals surface area contributed by atoms with Gasteiger partial charge in [0.05, 0.1) is 11.4 Å². The molecule has 0 saturated carbocycles. The molecule has 2 rings (SSSR count). The molecule has 0 radical (unpaired) electrons. The van der Waals surface area contributed by atoms with E-state index in [1.807, 2.05) is 38.1 Å². The van der Waals surface area contributed by atoms with Crippen LogP contribution in [0, 0.1) is 0 Å². The van der Waals surface area contributed by atoms with Crippen LogP contribution in [-0.2, 0) is 9.59 Å². The molecule has 0 aliphatic carbocycles. The fourth-order valence-corrected chi connectivity index (χ4v) is 2.83. The summed E-state index contributed by atoms with van der Waals surface area (Å²) in [6.45, 7) is 3.88. The molecule has 0 atom stereocenters. The zero-order chi connectivity index (χ0) is 21.9. The van der Waals surface area contributed by atoms with E-state index in [4.69, 9.17) is 23.2 Å². The van der Waals surface area contributed by atoms with Gasteiger partial charge in [-0.15, -0.1) is 0 Å². The molecule has 0 aliphatic heterocycles. The molecule has 30 heavy (non-hydrogen) atoms. The fraction of sp³-hybridized carbons (Fsp3) is 0.273. The van der Waals surface area contributed by atoms with Crippen LogP contribution in [0.25, 0.3) is 0 Å². The third-order valence-corrected chi connectivity index (χ3v) is 4.74. The molecule has 0 fully saturated rings. The summed E-state index contributed by atoms with van der Waals surface area (Å²) in [5.41, 5.74) is 8.20. The molecule has 0 spiro atoms. The van der Waals surface area contributed by atoms with Crippen molar-refractivity contribution in [2.45, 2.75) is 39.5 Å². The molecule has 0 bridgehead atoms. The van der Waals surface area contributed by atoms with E-state index >= 15 is 0 Å². The molecular formula is C22H24Cl2N4O2. The average Bonchev–Trinajstić information content (AvgIpc) is 2.75. The Kier molecular flexibility index (Phi) is 9.51. The minimum Gasteiger partial charge on any atom is -0.273 e. The van der Waals surface area contributed by atoms with Crippen LogP contribution >= 0.6 is 23.2 Å². The molecular weight excluding hydrogens is 423 g/mol. The summed E-state index contributed by atoms with van der Waals surface area (Å²) in [6, 6.07) is 14.4. The maximum atomic E-state index is 12.0. The minimum absolute atomic E-state index is 0.00483. The summed E-state index contributed by atoms with van der Waals surface area (Å²) in [6.07, 6.45) is 1.29. The van der Waals surface area contributed by atoms with Crippen LogP contribution in [-0.4, -0.2) is 23.2 Å². The summed E-state index contributed by atoms with van der Waals surface area (Å²) in [5.74, 6) is -0.690. The van der Waals surface area contributed by atoms with E-state index in [2.05, 4.69) is 21.1 Å². The number of benzene rings is 2. The van der Waals surface area contributed by atoms with Crippen LogP contribution in [0.4, 0.5) is 0 Å². The normalized spacial score (nSPS) is 11.9. The highest BCUT2D eigenvalue weighted by atomic mass is 35.5. The number of amides is 2. The lowest BCUT2D eigenvalue weighted by Crippen LogP contribution is -2.24. The molecule has 0 unspecified atom stereocenters. The highest BCUT2D eigenvalue weighted by molar-refractivity contribution is 6.31. The fourth-order valence-electron chi connectivity index (χ4n) is 2.58. The predicted molar refractivity (Wildman–Crippen MR) is 122 cm³/mol. The average molecular weight is 447 g/mol. The number of nitrogens with one attached hydrogen (secondary N) is 2. The van der Waals surface area contributed by atoms with Crippen LogP contribution in [0.1, 0.15) is 50.7 Å². The maximum absolute atomic E-state index is 12.0. The number of halogens is 2. The van der Waals surface area contributed by atoms with Crippen molar-refractivity contribution in [3.05, 3.63) is 69.7 Å². The van der Waals surface area contributed by atoms with Crippen molar-refractivity contribution < 1.29 is 9.59 Å². The smallest absolute Gasteiger partial charge is 0.240 e. The molecule has 2 aromatic rings. The lowest BCUT2D eigenvalue weighted by molar-refractivity contribution is -0.126. The topological polar surface area (TPSA) is 82.9 Å². The van der Waals surface area contributed by atoms with Gasteiger partial charge in [-0.05, 0) is 48.2 Å². The number of carbonyl (C=O) groups is 2. The zero-order valence-electron chi connectivity index (χ0n) is 16.9. The van der Waals surface area contributed by atoms with Crippen molar-refractivity contribution in [2.75, 3.05) is 0 Å². The molecule has 0 heterocycles. The van der Waals surface area contributed by atoms with Gasteiger partial charge in [0.1, 0.15) is 0 Å². The Morgan fingerprint density at radius 3 is 1.33 bits per heavy atom. The van der Waals surface area contributed by atoms with Crippen LogP contribution in [0.15, 0.2) is 58.7 Å². The molecule has 2 N–H and O–H groups in total. The van der Waals surface area contributed by atoms with Gasteiger partial charge < -0.3 is 0 Å². The molecule has 8 heteroatoms. The predicted octanol–water partition coefficient (Wildman–Crippen LogP) is 4.93. The quantitative estimate of drug-likeness (QED) is 0.422. The van der Waals surface area contributed by atoms with Gasteiger partial charge in [-0.25, -0.2) is 10.9 Å². The summed E-state index contributed by atoms with van der Waals surface area (Å²) in [4.78, 5) is 24.1. The molecule has 0 aromatic heterocycles. The Morgan fingerprint density at radius 2 is 1.03 bits per heavy atom. The number of rotatable bonds is 9. The maximum Gasteiger partial charge on any atom is 0.240 e. The van der Waals surface area contributed by atoms with E-state index < -0.39 is 0 Å². The lowest BCUT2D eigenvalue weighted by Gasteiger charge is -2.06. The Hall–Kier alpha value is -2.70. The molecule has 6 nitrogen and oxygen atoms in total. The molecule has 0 saturated heterocycles. The van der Waals surface area contributed by atoms with E-state index in [1.54, 1.807) is 24.3 Å². The summed E-state index contributed by atoms with van der Waals surface area (Å²) < 4.78 is 0. The number of nitrogens with zero attached hydrogens (tertiary/aromatic N) is 2. The van der Waals surface area contributed by atoms with Crippen LogP contribution < -0.4 is 10.9 Å². The highest BCUT2D eigenvalue weighted by Crippen LogP contribution is 2.12. The first-order valence-corrected chi connectivity index (χ1v) is 10.4. The summed E-state index contributed by atoms with van der Waals surface area (Å²) >= 11 is 11.8. The second-order valence-electron chi connectivity index (χ2n) is 6.41. The van der Waals surface area contributed by atoms with Crippen molar-refractivity contribution in [3.8, 4) is 0 Å². The first kappa shape index (κ1) is 23.6. The van der Waals surface area contributed by atoms with Crippen molar-refractivity contribution in [1.29, 1.82) is 0 Å². The van der Waals surface area contributed by atoms with E-state index in [-0.39, 0.29) is 24.7 Å². The summed E-state index contributed by atoms with van der Waals surface area (Å²) in [7, 11) is 0. The van der Waals surface area contributed by atoms with Gasteiger partial charge in [-0.2, -0.15) is 10.2 Å². The van der Waals surface area contributed by atoms with Crippen LogP contribution in [0.3, 0.4) is 0 Å². The Bertz CT molecular complexity index is 846. The standard InChI is InChI=1S/C22H24Cl2N4O2/c1-3-19(15-5-9-17(23)10-6-15)25-27-21(29)13-14-22(30)28-26-20(4-2)16-7-11-18(24)12-8-16/h5-12H,3-4,13-14H2,1-2H3,(H,27,29)(H,28,30)/b25-19+,26-20+. The second-order valence-corrected chi connectivity index (χ2v) is 7.28.